The second-order valence-corrected chi connectivity index (χ2v) is 4.66. The summed E-state index contributed by atoms with van der Waals surface area (Å²) in [6.45, 7) is 3.33. The van der Waals surface area contributed by atoms with Crippen LogP contribution >= 0.6 is 0 Å². The van der Waals surface area contributed by atoms with E-state index in [1.807, 2.05) is 41.9 Å². The van der Waals surface area contributed by atoms with E-state index >= 15 is 0 Å². The highest BCUT2D eigenvalue weighted by Gasteiger charge is 2.12. The summed E-state index contributed by atoms with van der Waals surface area (Å²) in [6, 6.07) is 9.79. The predicted molar refractivity (Wildman–Crippen MR) is 77.6 cm³/mol. The van der Waals surface area contributed by atoms with Crippen molar-refractivity contribution >= 4 is 16.9 Å². The van der Waals surface area contributed by atoms with Gasteiger partial charge in [0.1, 0.15) is 11.6 Å². The zero-order valence-electron chi connectivity index (χ0n) is 11.3. The third-order valence-electron chi connectivity index (χ3n) is 3.18. The van der Waals surface area contributed by atoms with Crippen molar-refractivity contribution < 1.29 is 4.74 Å². The van der Waals surface area contributed by atoms with E-state index in [4.69, 9.17) is 10.5 Å². The van der Waals surface area contributed by atoms with Crippen molar-refractivity contribution in [2.75, 3.05) is 12.3 Å². The predicted octanol–water partition coefficient (Wildman–Crippen LogP) is 2.12. The van der Waals surface area contributed by atoms with Gasteiger partial charge in [0.2, 0.25) is 0 Å². The van der Waals surface area contributed by atoms with Crippen LogP contribution in [0, 0.1) is 6.92 Å². The van der Waals surface area contributed by atoms with Crippen molar-refractivity contribution in [1.29, 1.82) is 0 Å². The van der Waals surface area contributed by atoms with Crippen LogP contribution in [0.1, 0.15) is 12.1 Å². The molecule has 2 aromatic heterocycles. The molecule has 0 bridgehead atoms. The van der Waals surface area contributed by atoms with Crippen molar-refractivity contribution in [2.45, 2.75) is 19.9 Å². The molecule has 0 fully saturated rings. The Morgan fingerprint density at radius 2 is 2.10 bits per heavy atom. The molecule has 3 rings (SSSR count). The number of ether oxygens (including phenoxy) is 1. The molecule has 2 heterocycles. The quantitative estimate of drug-likeness (QED) is 0.696. The van der Waals surface area contributed by atoms with Gasteiger partial charge in [0.25, 0.3) is 0 Å². The van der Waals surface area contributed by atoms with Crippen LogP contribution in [-0.4, -0.2) is 26.6 Å². The third kappa shape index (κ3) is 2.32. The number of hydrogen-bond donors (Lipinski definition) is 2. The fourth-order valence-electron chi connectivity index (χ4n) is 2.24. The number of nitrogen functional groups attached to an aromatic ring is 1. The van der Waals surface area contributed by atoms with Gasteiger partial charge >= 0.3 is 0 Å². The first-order chi connectivity index (χ1) is 9.75. The minimum atomic E-state index is 0.573. The number of para-hydroxylation sites is 1. The molecule has 20 heavy (non-hydrogen) atoms. The number of hydrogen-bond acceptors (Lipinski definition) is 4. The molecule has 0 amide bonds. The molecular formula is C14H17N5O. The van der Waals surface area contributed by atoms with Gasteiger partial charge in [0.15, 0.2) is 5.65 Å². The summed E-state index contributed by atoms with van der Waals surface area (Å²) in [7, 11) is 0. The number of aromatic amines is 1. The number of rotatable bonds is 5. The van der Waals surface area contributed by atoms with Crippen molar-refractivity contribution in [1.82, 2.24) is 20.0 Å². The maximum absolute atomic E-state index is 5.83. The van der Waals surface area contributed by atoms with Crippen LogP contribution in [0.25, 0.3) is 11.0 Å². The lowest BCUT2D eigenvalue weighted by atomic mass is 10.3. The van der Waals surface area contributed by atoms with Crippen LogP contribution in [-0.2, 0) is 6.54 Å². The van der Waals surface area contributed by atoms with Gasteiger partial charge in [0.05, 0.1) is 17.7 Å². The highest BCUT2D eigenvalue weighted by molar-refractivity contribution is 5.88. The van der Waals surface area contributed by atoms with Gasteiger partial charge < -0.3 is 10.5 Å². The fraction of sp³-hybridized carbons (Fsp3) is 0.286. The Bertz CT molecular complexity index is 701. The number of nitrogens with two attached hydrogens (primary N) is 1. The third-order valence-corrected chi connectivity index (χ3v) is 3.18. The number of benzene rings is 1. The Morgan fingerprint density at radius 3 is 2.90 bits per heavy atom. The van der Waals surface area contributed by atoms with E-state index in [-0.39, 0.29) is 0 Å². The normalized spacial score (nSPS) is 11.1. The molecule has 104 valence electrons. The molecule has 0 saturated carbocycles. The standard InChI is InChI=1S/C14H17N5O/c1-10-12-13(15)16-17-14(12)19(18-10)8-5-9-20-11-6-3-2-4-7-11/h2-4,6-7H,5,8-9H2,1H3,(H3,15,16,17). The first-order valence-corrected chi connectivity index (χ1v) is 6.60. The number of nitrogens with one attached hydrogen (secondary N) is 1. The van der Waals surface area contributed by atoms with Crippen LogP contribution in [0.4, 0.5) is 5.82 Å². The molecule has 0 aliphatic rings. The smallest absolute Gasteiger partial charge is 0.182 e. The minimum Gasteiger partial charge on any atom is -0.494 e. The number of anilines is 1. The zero-order chi connectivity index (χ0) is 13.9. The van der Waals surface area contributed by atoms with Gasteiger partial charge in [-0.1, -0.05) is 18.2 Å². The molecule has 0 aliphatic carbocycles. The molecule has 0 spiro atoms. The second kappa shape index (κ2) is 5.24. The van der Waals surface area contributed by atoms with Gasteiger partial charge in [0, 0.05) is 13.0 Å². The van der Waals surface area contributed by atoms with Gasteiger partial charge in [-0.15, -0.1) is 0 Å². The lowest BCUT2D eigenvalue weighted by Crippen LogP contribution is -2.06. The van der Waals surface area contributed by atoms with E-state index in [9.17, 15) is 0 Å². The van der Waals surface area contributed by atoms with Crippen LogP contribution in [0.3, 0.4) is 0 Å². The van der Waals surface area contributed by atoms with E-state index in [0.29, 0.717) is 12.4 Å². The van der Waals surface area contributed by atoms with Gasteiger partial charge in [-0.05, 0) is 19.1 Å². The highest BCUT2D eigenvalue weighted by Crippen LogP contribution is 2.21. The molecule has 3 N–H and O–H groups in total. The van der Waals surface area contributed by atoms with E-state index in [1.165, 1.54) is 0 Å². The highest BCUT2D eigenvalue weighted by atomic mass is 16.5. The van der Waals surface area contributed by atoms with Crippen LogP contribution < -0.4 is 10.5 Å². The average Bonchev–Trinajstić information content (AvgIpc) is 2.99. The summed E-state index contributed by atoms with van der Waals surface area (Å²) in [5.41, 5.74) is 7.53. The van der Waals surface area contributed by atoms with Crippen LogP contribution in [0.2, 0.25) is 0 Å². The average molecular weight is 271 g/mol. The SMILES string of the molecule is Cc1nn(CCCOc2ccccc2)c2n[nH]c(N)c12. The van der Waals surface area contributed by atoms with Crippen LogP contribution in [0.5, 0.6) is 5.75 Å². The molecule has 0 aliphatic heterocycles. The Morgan fingerprint density at radius 1 is 1.30 bits per heavy atom. The lowest BCUT2D eigenvalue weighted by Gasteiger charge is -2.05. The molecule has 0 unspecified atom stereocenters. The van der Waals surface area contributed by atoms with E-state index in [1.54, 1.807) is 0 Å². The first kappa shape index (κ1) is 12.5. The summed E-state index contributed by atoms with van der Waals surface area (Å²) >= 11 is 0. The molecule has 0 saturated heterocycles. The molecule has 0 radical (unpaired) electrons. The number of aromatic nitrogens is 4. The number of aryl methyl sites for hydroxylation is 2. The van der Waals surface area contributed by atoms with Gasteiger partial charge in [-0.3, -0.25) is 5.10 Å². The van der Waals surface area contributed by atoms with Crippen LogP contribution in [0.15, 0.2) is 30.3 Å². The summed E-state index contributed by atoms with van der Waals surface area (Å²) in [5.74, 6) is 1.46. The van der Waals surface area contributed by atoms with Gasteiger partial charge in [-0.2, -0.15) is 10.2 Å². The maximum atomic E-state index is 5.83. The van der Waals surface area contributed by atoms with E-state index < -0.39 is 0 Å². The summed E-state index contributed by atoms with van der Waals surface area (Å²) < 4.78 is 7.52. The Hall–Kier alpha value is -2.50. The van der Waals surface area contributed by atoms with Crippen molar-refractivity contribution in [2.24, 2.45) is 0 Å². The molecule has 6 nitrogen and oxygen atoms in total. The molecular weight excluding hydrogens is 254 g/mol. The Balaban J connectivity index is 1.60. The largest absolute Gasteiger partial charge is 0.494 e. The molecule has 3 aromatic rings. The number of fused-ring (bicyclic) bond motifs is 1. The Labute approximate surface area is 116 Å². The number of nitrogens with zero attached hydrogens (tertiary/aromatic N) is 3. The first-order valence-electron chi connectivity index (χ1n) is 6.60. The maximum Gasteiger partial charge on any atom is 0.182 e. The van der Waals surface area contributed by atoms with Crippen molar-refractivity contribution in [3.8, 4) is 5.75 Å². The van der Waals surface area contributed by atoms with E-state index in [2.05, 4.69) is 15.3 Å². The molecule has 1 aromatic carbocycles. The zero-order valence-corrected chi connectivity index (χ0v) is 11.3. The lowest BCUT2D eigenvalue weighted by molar-refractivity contribution is 0.299. The Kier molecular flexibility index (Phi) is 3.28. The van der Waals surface area contributed by atoms with E-state index in [0.717, 1.165) is 35.4 Å². The molecule has 6 heteroatoms. The molecule has 0 atom stereocenters. The minimum absolute atomic E-state index is 0.573. The topological polar surface area (TPSA) is 81.8 Å². The number of H-pyrrole nitrogens is 1. The van der Waals surface area contributed by atoms with Crippen molar-refractivity contribution in [3.05, 3.63) is 36.0 Å². The fourth-order valence-corrected chi connectivity index (χ4v) is 2.24. The summed E-state index contributed by atoms with van der Waals surface area (Å²) in [4.78, 5) is 0. The second-order valence-electron chi connectivity index (χ2n) is 4.66. The summed E-state index contributed by atoms with van der Waals surface area (Å²) in [6.07, 6.45) is 0.859. The van der Waals surface area contributed by atoms with Gasteiger partial charge in [-0.25, -0.2) is 4.68 Å². The monoisotopic (exact) mass is 271 g/mol. The van der Waals surface area contributed by atoms with Crippen molar-refractivity contribution in [3.63, 3.8) is 0 Å². The summed E-state index contributed by atoms with van der Waals surface area (Å²) in [5, 5.41) is 12.3.